The minimum atomic E-state index is -0.187. The lowest BCUT2D eigenvalue weighted by Crippen LogP contribution is -2.37. The van der Waals surface area contributed by atoms with Crippen LogP contribution in [0.3, 0.4) is 0 Å². The topological polar surface area (TPSA) is 54.0 Å². The third-order valence-electron chi connectivity index (χ3n) is 6.20. The quantitative estimate of drug-likeness (QED) is 0.560. The molecular weight excluding hydrogens is 414 g/mol. The molecule has 4 rings (SSSR count). The molecule has 1 heterocycles. The molecule has 3 aromatic carbocycles. The number of fused-ring (bicyclic) bond motifs is 1. The van der Waals surface area contributed by atoms with E-state index < -0.39 is 0 Å². The largest absolute Gasteiger partial charge is 0.493 e. The van der Waals surface area contributed by atoms with E-state index in [0.717, 1.165) is 24.2 Å². The molecule has 0 aliphatic carbocycles. The number of carbonyl (C=O) groups is 1. The lowest BCUT2D eigenvalue weighted by molar-refractivity contribution is 0.0947. The summed E-state index contributed by atoms with van der Waals surface area (Å²) in [5.74, 6) is 0.790. The zero-order valence-corrected chi connectivity index (χ0v) is 19.7. The van der Waals surface area contributed by atoms with Crippen LogP contribution >= 0.6 is 0 Å². The Balaban J connectivity index is 1.62. The molecule has 0 bridgehead atoms. The van der Waals surface area contributed by atoms with Gasteiger partial charge in [-0.05, 0) is 47.9 Å². The molecule has 3 aromatic rings. The maximum Gasteiger partial charge on any atom is 0.255 e. The van der Waals surface area contributed by atoms with Crippen molar-refractivity contribution in [3.63, 3.8) is 0 Å². The molecule has 1 N–H and O–H groups in total. The summed E-state index contributed by atoms with van der Waals surface area (Å²) < 4.78 is 10.8. The first-order valence-corrected chi connectivity index (χ1v) is 11.1. The summed E-state index contributed by atoms with van der Waals surface area (Å²) in [4.78, 5) is 17.6. The zero-order valence-electron chi connectivity index (χ0n) is 19.7. The van der Waals surface area contributed by atoms with Gasteiger partial charge in [-0.25, -0.2) is 0 Å². The van der Waals surface area contributed by atoms with E-state index in [0.29, 0.717) is 23.6 Å². The van der Waals surface area contributed by atoms with E-state index in [4.69, 9.17) is 9.47 Å². The molecule has 0 aromatic heterocycles. The maximum absolute atomic E-state index is 13.2. The first-order chi connectivity index (χ1) is 16.0. The Kier molecular flexibility index (Phi) is 6.73. The van der Waals surface area contributed by atoms with Gasteiger partial charge in [0, 0.05) is 38.6 Å². The molecule has 0 saturated heterocycles. The molecule has 1 atom stereocenters. The Morgan fingerprint density at radius 1 is 1.00 bits per heavy atom. The van der Waals surface area contributed by atoms with Crippen molar-refractivity contribution in [3.8, 4) is 11.5 Å². The summed E-state index contributed by atoms with van der Waals surface area (Å²) >= 11 is 0. The smallest absolute Gasteiger partial charge is 0.255 e. The van der Waals surface area contributed by atoms with Gasteiger partial charge in [0.15, 0.2) is 11.5 Å². The second-order valence-corrected chi connectivity index (χ2v) is 8.32. The lowest BCUT2D eigenvalue weighted by atomic mass is 10.0. The molecule has 0 radical (unpaired) electrons. The average Bonchev–Trinajstić information content (AvgIpc) is 3.27. The fraction of sp³-hybridized carbons (Fsp3) is 0.296. The van der Waals surface area contributed by atoms with Crippen molar-refractivity contribution in [1.82, 2.24) is 5.32 Å². The number of benzene rings is 3. The van der Waals surface area contributed by atoms with Gasteiger partial charge in [-0.3, -0.25) is 4.79 Å². The van der Waals surface area contributed by atoms with Gasteiger partial charge in [0.25, 0.3) is 5.91 Å². The number of carbonyl (C=O) groups excluding carboxylic acids is 1. The third-order valence-corrected chi connectivity index (χ3v) is 6.20. The maximum atomic E-state index is 13.2. The molecule has 1 aliphatic heterocycles. The standard InChI is InChI=1S/C27H31N3O3/c1-29(2)21-14-12-20(13-15-21)24(30-17-16-19-8-5-6-10-23(19)30)18-28-27(31)22-9-7-11-25(32-3)26(22)33-4/h5-15,24H,16-18H2,1-4H3,(H,28,31)/t24-/m1/s1. The van der Waals surface area contributed by atoms with Crippen molar-refractivity contribution in [2.45, 2.75) is 12.5 Å². The number of hydrogen-bond acceptors (Lipinski definition) is 5. The van der Waals surface area contributed by atoms with E-state index in [1.54, 1.807) is 32.4 Å². The van der Waals surface area contributed by atoms with Crippen molar-refractivity contribution in [2.75, 3.05) is 51.2 Å². The number of hydrogen-bond donors (Lipinski definition) is 1. The van der Waals surface area contributed by atoms with E-state index >= 15 is 0 Å². The fourth-order valence-electron chi connectivity index (χ4n) is 4.44. The zero-order chi connectivity index (χ0) is 23.4. The number of amides is 1. The van der Waals surface area contributed by atoms with Gasteiger partial charge in [0.1, 0.15) is 0 Å². The van der Waals surface area contributed by atoms with Crippen LogP contribution in [0.1, 0.15) is 27.5 Å². The van der Waals surface area contributed by atoms with Crippen LogP contribution < -0.4 is 24.6 Å². The second kappa shape index (κ2) is 9.86. The Bertz CT molecular complexity index is 1110. The predicted molar refractivity (Wildman–Crippen MR) is 133 cm³/mol. The Hall–Kier alpha value is -3.67. The van der Waals surface area contributed by atoms with Gasteiger partial charge in [0.2, 0.25) is 0 Å². The normalized spacial score (nSPS) is 13.3. The van der Waals surface area contributed by atoms with Gasteiger partial charge >= 0.3 is 0 Å². The van der Waals surface area contributed by atoms with Crippen molar-refractivity contribution >= 4 is 17.3 Å². The highest BCUT2D eigenvalue weighted by Gasteiger charge is 2.28. The molecule has 6 heteroatoms. The van der Waals surface area contributed by atoms with Crippen molar-refractivity contribution in [3.05, 3.63) is 83.4 Å². The molecule has 6 nitrogen and oxygen atoms in total. The number of methoxy groups -OCH3 is 2. The summed E-state index contributed by atoms with van der Waals surface area (Å²) in [5, 5.41) is 3.14. The van der Waals surface area contributed by atoms with Gasteiger partial charge in [-0.15, -0.1) is 0 Å². The van der Waals surface area contributed by atoms with Crippen LogP contribution in [0.5, 0.6) is 11.5 Å². The van der Waals surface area contributed by atoms with Crippen LogP contribution in [0.2, 0.25) is 0 Å². The van der Waals surface area contributed by atoms with Crippen LogP contribution in [-0.4, -0.2) is 47.3 Å². The van der Waals surface area contributed by atoms with E-state index in [2.05, 4.69) is 63.6 Å². The lowest BCUT2D eigenvalue weighted by Gasteiger charge is -2.31. The highest BCUT2D eigenvalue weighted by atomic mass is 16.5. The molecule has 0 unspecified atom stereocenters. The van der Waals surface area contributed by atoms with Crippen molar-refractivity contribution in [2.24, 2.45) is 0 Å². The van der Waals surface area contributed by atoms with Gasteiger partial charge in [0.05, 0.1) is 25.8 Å². The number of nitrogens with zero attached hydrogens (tertiary/aromatic N) is 2. The van der Waals surface area contributed by atoms with E-state index in [1.807, 2.05) is 14.1 Å². The van der Waals surface area contributed by atoms with E-state index in [-0.39, 0.29) is 11.9 Å². The highest BCUT2D eigenvalue weighted by Crippen LogP contribution is 2.36. The number of nitrogens with one attached hydrogen (secondary N) is 1. The number of rotatable bonds is 8. The minimum absolute atomic E-state index is 0.00501. The molecule has 1 aliphatic rings. The van der Waals surface area contributed by atoms with Crippen LogP contribution in [0, 0.1) is 0 Å². The third kappa shape index (κ3) is 4.60. The molecule has 172 valence electrons. The summed E-state index contributed by atoms with van der Waals surface area (Å²) in [6, 6.07) is 22.4. The Labute approximate surface area is 195 Å². The van der Waals surface area contributed by atoms with Crippen LogP contribution in [0.25, 0.3) is 0 Å². The number of para-hydroxylation sites is 2. The summed E-state index contributed by atoms with van der Waals surface area (Å²) in [7, 11) is 7.18. The SMILES string of the molecule is COc1cccc(C(=O)NC[C@H](c2ccc(N(C)C)cc2)N2CCc3ccccc32)c1OC. The first kappa shape index (κ1) is 22.5. The molecule has 33 heavy (non-hydrogen) atoms. The van der Waals surface area contributed by atoms with E-state index in [9.17, 15) is 4.79 Å². The average molecular weight is 446 g/mol. The molecule has 0 spiro atoms. The number of anilines is 2. The number of ether oxygens (including phenoxy) is 2. The first-order valence-electron chi connectivity index (χ1n) is 11.1. The molecule has 1 amide bonds. The monoisotopic (exact) mass is 445 g/mol. The predicted octanol–water partition coefficient (Wildman–Crippen LogP) is 4.30. The van der Waals surface area contributed by atoms with Crippen LogP contribution in [0.15, 0.2) is 66.7 Å². The van der Waals surface area contributed by atoms with Crippen LogP contribution in [0.4, 0.5) is 11.4 Å². The van der Waals surface area contributed by atoms with Crippen LogP contribution in [-0.2, 0) is 6.42 Å². The van der Waals surface area contributed by atoms with Crippen molar-refractivity contribution < 1.29 is 14.3 Å². The van der Waals surface area contributed by atoms with Gasteiger partial charge in [-0.1, -0.05) is 36.4 Å². The second-order valence-electron chi connectivity index (χ2n) is 8.32. The minimum Gasteiger partial charge on any atom is -0.493 e. The summed E-state index contributed by atoms with van der Waals surface area (Å²) in [5.41, 5.74) is 5.33. The molecular formula is C27H31N3O3. The summed E-state index contributed by atoms with van der Waals surface area (Å²) in [6.45, 7) is 1.38. The Morgan fingerprint density at radius 3 is 2.45 bits per heavy atom. The molecule has 0 saturated carbocycles. The van der Waals surface area contributed by atoms with Gasteiger partial charge in [-0.2, -0.15) is 0 Å². The molecule has 0 fully saturated rings. The fourth-order valence-corrected chi connectivity index (χ4v) is 4.44. The highest BCUT2D eigenvalue weighted by molar-refractivity contribution is 5.97. The van der Waals surface area contributed by atoms with Gasteiger partial charge < -0.3 is 24.6 Å². The summed E-state index contributed by atoms with van der Waals surface area (Å²) in [6.07, 6.45) is 1.00. The van der Waals surface area contributed by atoms with Crippen molar-refractivity contribution in [1.29, 1.82) is 0 Å². The van der Waals surface area contributed by atoms with E-state index in [1.165, 1.54) is 11.3 Å². The Morgan fingerprint density at radius 2 is 1.76 bits per heavy atom.